The molecule has 0 fully saturated rings. The summed E-state index contributed by atoms with van der Waals surface area (Å²) < 4.78 is 0. The fraction of sp³-hybridized carbons (Fsp3) is 0.154. The molecule has 18 heavy (non-hydrogen) atoms. The van der Waals surface area contributed by atoms with Gasteiger partial charge in [0, 0.05) is 22.4 Å². The summed E-state index contributed by atoms with van der Waals surface area (Å²) in [4.78, 5) is 13.4. The second kappa shape index (κ2) is 6.49. The van der Waals surface area contributed by atoms with Gasteiger partial charge in [-0.05, 0) is 29.0 Å². The maximum absolute atomic E-state index is 11.5. The van der Waals surface area contributed by atoms with Crippen LogP contribution in [-0.2, 0) is 4.79 Å². The number of rotatable bonds is 5. The first-order chi connectivity index (χ1) is 8.75. The number of amides is 1. The van der Waals surface area contributed by atoms with E-state index >= 15 is 0 Å². The van der Waals surface area contributed by atoms with Crippen LogP contribution in [0.3, 0.4) is 0 Å². The smallest absolute Gasteiger partial charge is 0.244 e. The van der Waals surface area contributed by atoms with Crippen LogP contribution >= 0.6 is 22.7 Å². The summed E-state index contributed by atoms with van der Waals surface area (Å²) in [6, 6.07) is 7.60. The summed E-state index contributed by atoms with van der Waals surface area (Å²) >= 11 is 3.05. The highest BCUT2D eigenvalue weighted by molar-refractivity contribution is 7.10. The van der Waals surface area contributed by atoms with Crippen molar-refractivity contribution in [2.75, 3.05) is 6.54 Å². The van der Waals surface area contributed by atoms with E-state index in [1.165, 1.54) is 17.4 Å². The Morgan fingerprint density at radius 3 is 2.78 bits per heavy atom. The van der Waals surface area contributed by atoms with E-state index in [9.17, 15) is 9.90 Å². The quantitative estimate of drug-likeness (QED) is 0.827. The molecule has 0 radical (unpaired) electrons. The molecule has 5 heteroatoms. The minimum absolute atomic E-state index is 0.195. The second-order valence-electron chi connectivity index (χ2n) is 3.63. The number of carbonyl (C=O) groups is 1. The highest BCUT2D eigenvalue weighted by atomic mass is 32.1. The van der Waals surface area contributed by atoms with Gasteiger partial charge in [0.2, 0.25) is 5.91 Å². The first-order valence-corrected chi connectivity index (χ1v) is 7.22. The molecule has 2 rings (SSSR count). The van der Waals surface area contributed by atoms with Gasteiger partial charge in [-0.25, -0.2) is 0 Å². The lowest BCUT2D eigenvalue weighted by Gasteiger charge is -2.08. The van der Waals surface area contributed by atoms with E-state index in [0.717, 1.165) is 9.75 Å². The average molecular weight is 279 g/mol. The van der Waals surface area contributed by atoms with Gasteiger partial charge in [0.05, 0.1) is 0 Å². The van der Waals surface area contributed by atoms with Gasteiger partial charge < -0.3 is 10.4 Å². The number of nitrogens with one attached hydrogen (secondary N) is 1. The van der Waals surface area contributed by atoms with E-state index in [4.69, 9.17) is 0 Å². The van der Waals surface area contributed by atoms with Crippen molar-refractivity contribution in [2.24, 2.45) is 0 Å². The minimum atomic E-state index is -0.635. The topological polar surface area (TPSA) is 49.3 Å². The maximum Gasteiger partial charge on any atom is 0.244 e. The molecule has 0 aliphatic heterocycles. The third-order valence-electron chi connectivity index (χ3n) is 2.28. The minimum Gasteiger partial charge on any atom is -0.386 e. The standard InChI is InChI=1S/C13H13NO2S2/c15-11(12-4-2-8-18-12)9-14-13(16)6-5-10-3-1-7-17-10/h1-8,11,15H,9H2,(H,14,16)/b6-5+/t11-/m0/s1. The van der Waals surface area contributed by atoms with Gasteiger partial charge in [-0.1, -0.05) is 12.1 Å². The summed E-state index contributed by atoms with van der Waals surface area (Å²) in [6.07, 6.45) is 2.61. The highest BCUT2D eigenvalue weighted by Crippen LogP contribution is 2.17. The maximum atomic E-state index is 11.5. The second-order valence-corrected chi connectivity index (χ2v) is 5.58. The average Bonchev–Trinajstić information content (AvgIpc) is 3.05. The van der Waals surface area contributed by atoms with Crippen LogP contribution in [0.25, 0.3) is 6.08 Å². The number of thiophene rings is 2. The van der Waals surface area contributed by atoms with Crippen molar-refractivity contribution in [3.8, 4) is 0 Å². The molecule has 0 spiro atoms. The summed E-state index contributed by atoms with van der Waals surface area (Å²) in [6.45, 7) is 0.230. The van der Waals surface area contributed by atoms with E-state index in [1.807, 2.05) is 35.0 Å². The van der Waals surface area contributed by atoms with Crippen molar-refractivity contribution >= 4 is 34.7 Å². The molecule has 1 amide bonds. The van der Waals surface area contributed by atoms with E-state index in [2.05, 4.69) is 5.32 Å². The van der Waals surface area contributed by atoms with Gasteiger partial charge in [-0.15, -0.1) is 22.7 Å². The van der Waals surface area contributed by atoms with Crippen LogP contribution in [0.15, 0.2) is 41.1 Å². The third-order valence-corrected chi connectivity index (χ3v) is 4.09. The lowest BCUT2D eigenvalue weighted by Crippen LogP contribution is -2.26. The van der Waals surface area contributed by atoms with Gasteiger partial charge in [-0.2, -0.15) is 0 Å². The number of hydrogen-bond donors (Lipinski definition) is 2. The van der Waals surface area contributed by atoms with Crippen LogP contribution in [0, 0.1) is 0 Å². The molecular weight excluding hydrogens is 266 g/mol. The molecule has 0 saturated heterocycles. The van der Waals surface area contributed by atoms with Crippen LogP contribution in [0.4, 0.5) is 0 Å². The summed E-state index contributed by atoms with van der Waals surface area (Å²) in [5.41, 5.74) is 0. The lowest BCUT2D eigenvalue weighted by atomic mass is 10.3. The Labute approximate surface area is 113 Å². The molecule has 94 valence electrons. The molecule has 2 aromatic rings. The molecule has 2 N–H and O–H groups in total. The molecule has 0 saturated carbocycles. The van der Waals surface area contributed by atoms with Gasteiger partial charge in [0.1, 0.15) is 6.10 Å². The van der Waals surface area contributed by atoms with Crippen LogP contribution in [-0.4, -0.2) is 17.6 Å². The van der Waals surface area contributed by atoms with Crippen LogP contribution in [0.1, 0.15) is 15.9 Å². The fourth-order valence-corrected chi connectivity index (χ4v) is 2.71. The van der Waals surface area contributed by atoms with Gasteiger partial charge in [0.25, 0.3) is 0 Å². The number of hydrogen-bond acceptors (Lipinski definition) is 4. The van der Waals surface area contributed by atoms with E-state index < -0.39 is 6.10 Å². The Hall–Kier alpha value is -1.43. The monoisotopic (exact) mass is 279 g/mol. The van der Waals surface area contributed by atoms with Crippen molar-refractivity contribution in [3.63, 3.8) is 0 Å². The van der Waals surface area contributed by atoms with Gasteiger partial charge in [0.15, 0.2) is 0 Å². The van der Waals surface area contributed by atoms with E-state index in [-0.39, 0.29) is 12.5 Å². The Morgan fingerprint density at radius 1 is 1.33 bits per heavy atom. The summed E-state index contributed by atoms with van der Waals surface area (Å²) in [7, 11) is 0. The molecule has 3 nitrogen and oxygen atoms in total. The molecule has 0 aliphatic carbocycles. The zero-order valence-corrected chi connectivity index (χ0v) is 11.2. The first kappa shape index (κ1) is 13.0. The predicted octanol–water partition coefficient (Wildman–Crippen LogP) is 2.67. The zero-order chi connectivity index (χ0) is 12.8. The fourth-order valence-electron chi connectivity index (χ4n) is 1.38. The molecular formula is C13H13NO2S2. The van der Waals surface area contributed by atoms with E-state index in [0.29, 0.717) is 0 Å². The molecule has 0 aliphatic rings. The molecule has 1 atom stereocenters. The molecule has 0 aromatic carbocycles. The van der Waals surface area contributed by atoms with Crippen LogP contribution < -0.4 is 5.32 Å². The van der Waals surface area contributed by atoms with Crippen LogP contribution in [0.2, 0.25) is 0 Å². The van der Waals surface area contributed by atoms with Gasteiger partial charge in [-0.3, -0.25) is 4.79 Å². The summed E-state index contributed by atoms with van der Waals surface area (Å²) in [5.74, 6) is -0.195. The molecule has 0 bridgehead atoms. The Bertz CT molecular complexity index is 503. The van der Waals surface area contributed by atoms with Crippen molar-refractivity contribution in [2.45, 2.75) is 6.10 Å². The number of aliphatic hydroxyl groups is 1. The molecule has 0 unspecified atom stereocenters. The SMILES string of the molecule is O=C(/C=C/c1cccs1)NC[C@H](O)c1cccs1. The Balaban J connectivity index is 1.78. The van der Waals surface area contributed by atoms with Gasteiger partial charge >= 0.3 is 0 Å². The molecule has 2 heterocycles. The third kappa shape index (κ3) is 3.80. The first-order valence-electron chi connectivity index (χ1n) is 5.46. The van der Waals surface area contributed by atoms with Crippen molar-refractivity contribution < 1.29 is 9.90 Å². The van der Waals surface area contributed by atoms with Crippen molar-refractivity contribution in [3.05, 3.63) is 50.9 Å². The Kier molecular flexibility index (Phi) is 4.69. The molecule has 2 aromatic heterocycles. The van der Waals surface area contributed by atoms with Crippen molar-refractivity contribution in [1.29, 1.82) is 0 Å². The van der Waals surface area contributed by atoms with Crippen LogP contribution in [0.5, 0.6) is 0 Å². The van der Waals surface area contributed by atoms with E-state index in [1.54, 1.807) is 17.4 Å². The normalized spacial score (nSPS) is 12.7. The van der Waals surface area contributed by atoms with Crippen molar-refractivity contribution in [1.82, 2.24) is 5.32 Å². The Morgan fingerprint density at radius 2 is 2.11 bits per heavy atom. The zero-order valence-electron chi connectivity index (χ0n) is 9.58. The summed E-state index contributed by atoms with van der Waals surface area (Å²) in [5, 5.41) is 16.3. The number of aliphatic hydroxyl groups excluding tert-OH is 1. The highest BCUT2D eigenvalue weighted by Gasteiger charge is 2.08. The lowest BCUT2D eigenvalue weighted by molar-refractivity contribution is -0.116. The largest absolute Gasteiger partial charge is 0.386 e. The number of carbonyl (C=O) groups excluding carboxylic acids is 1. The predicted molar refractivity (Wildman–Crippen MR) is 75.6 cm³/mol.